The van der Waals surface area contributed by atoms with Crippen LogP contribution in [0.1, 0.15) is 21.5 Å². The second-order valence-electron chi connectivity index (χ2n) is 6.79. The predicted molar refractivity (Wildman–Crippen MR) is 112 cm³/mol. The minimum atomic E-state index is -0.324. The molecule has 0 saturated heterocycles. The maximum Gasteiger partial charge on any atom is 0.196 e. The van der Waals surface area contributed by atoms with Crippen molar-refractivity contribution in [3.63, 3.8) is 0 Å². The smallest absolute Gasteiger partial charge is 0.196 e. The number of carbonyl (C=O) groups excluding carboxylic acids is 1. The highest BCUT2D eigenvalue weighted by Crippen LogP contribution is 2.40. The Morgan fingerprint density at radius 2 is 1.36 bits per heavy atom. The third-order valence-electron chi connectivity index (χ3n) is 5.07. The molecule has 0 aliphatic heterocycles. The number of allylic oxidation sites excluding steroid dienone is 1. The minimum absolute atomic E-state index is 0.0224. The molecule has 3 heteroatoms. The molecule has 28 heavy (non-hydrogen) atoms. The standard InChI is InChI=1S/C25H16FNO/c26-17-9-6-10-18(15-17)27-24-21-12-3-4-13-22(21)25(28)23(24)20-14-5-8-16-7-1-2-11-19(16)20/h1-15,27H. The molecule has 0 aromatic heterocycles. The molecule has 0 atom stereocenters. The zero-order valence-corrected chi connectivity index (χ0v) is 14.9. The number of fused-ring (bicyclic) bond motifs is 2. The van der Waals surface area contributed by atoms with Crippen LogP contribution in [-0.2, 0) is 0 Å². The van der Waals surface area contributed by atoms with E-state index in [1.807, 2.05) is 66.7 Å². The Labute approximate surface area is 162 Å². The van der Waals surface area contributed by atoms with E-state index in [2.05, 4.69) is 5.32 Å². The number of hydrogen-bond donors (Lipinski definition) is 1. The van der Waals surface area contributed by atoms with Gasteiger partial charge in [-0.3, -0.25) is 4.79 Å². The lowest BCUT2D eigenvalue weighted by atomic mass is 9.95. The largest absolute Gasteiger partial charge is 0.354 e. The van der Waals surface area contributed by atoms with E-state index in [4.69, 9.17) is 0 Å². The monoisotopic (exact) mass is 365 g/mol. The van der Waals surface area contributed by atoms with E-state index in [-0.39, 0.29) is 11.6 Å². The van der Waals surface area contributed by atoms with E-state index in [1.54, 1.807) is 12.1 Å². The molecule has 0 heterocycles. The van der Waals surface area contributed by atoms with Gasteiger partial charge >= 0.3 is 0 Å². The molecule has 0 fully saturated rings. The van der Waals surface area contributed by atoms with E-state index in [0.29, 0.717) is 22.5 Å². The number of halogens is 1. The van der Waals surface area contributed by atoms with Gasteiger partial charge in [-0.05, 0) is 34.5 Å². The van der Waals surface area contributed by atoms with Crippen molar-refractivity contribution >= 4 is 33.5 Å². The Balaban J connectivity index is 1.77. The number of Topliss-reactive ketones (excluding diaryl/α,β-unsaturated/α-hetero) is 1. The third-order valence-corrected chi connectivity index (χ3v) is 5.07. The molecule has 1 aliphatic rings. The van der Waals surface area contributed by atoms with E-state index in [9.17, 15) is 9.18 Å². The van der Waals surface area contributed by atoms with Gasteiger partial charge < -0.3 is 5.32 Å². The van der Waals surface area contributed by atoms with Crippen LogP contribution in [0.25, 0.3) is 22.0 Å². The molecule has 1 aliphatic carbocycles. The zero-order valence-electron chi connectivity index (χ0n) is 14.9. The van der Waals surface area contributed by atoms with Crippen molar-refractivity contribution in [2.75, 3.05) is 5.32 Å². The summed E-state index contributed by atoms with van der Waals surface area (Å²) in [6, 6.07) is 27.8. The van der Waals surface area contributed by atoms with Crippen molar-refractivity contribution in [1.29, 1.82) is 0 Å². The van der Waals surface area contributed by atoms with Crippen molar-refractivity contribution in [2.24, 2.45) is 0 Å². The quantitative estimate of drug-likeness (QED) is 0.471. The fraction of sp³-hybridized carbons (Fsp3) is 0. The number of carbonyl (C=O) groups is 1. The Bertz CT molecular complexity index is 1270. The Morgan fingerprint density at radius 1 is 0.679 bits per heavy atom. The summed E-state index contributed by atoms with van der Waals surface area (Å²) in [5.41, 5.74) is 4.30. The number of benzene rings is 4. The summed E-state index contributed by atoms with van der Waals surface area (Å²) in [5, 5.41) is 5.38. The molecule has 0 spiro atoms. The van der Waals surface area contributed by atoms with Crippen molar-refractivity contribution in [1.82, 2.24) is 0 Å². The Hall–Kier alpha value is -3.72. The van der Waals surface area contributed by atoms with Crippen LogP contribution in [0.3, 0.4) is 0 Å². The van der Waals surface area contributed by atoms with Crippen LogP contribution in [0.5, 0.6) is 0 Å². The summed E-state index contributed by atoms with van der Waals surface area (Å²) in [7, 11) is 0. The van der Waals surface area contributed by atoms with Crippen LogP contribution in [0.15, 0.2) is 91.0 Å². The Morgan fingerprint density at radius 3 is 2.21 bits per heavy atom. The highest BCUT2D eigenvalue weighted by atomic mass is 19.1. The van der Waals surface area contributed by atoms with Gasteiger partial charge in [-0.25, -0.2) is 4.39 Å². The van der Waals surface area contributed by atoms with Gasteiger partial charge in [0.1, 0.15) is 5.82 Å². The SMILES string of the molecule is O=C1C(c2cccc3ccccc23)=C(Nc2cccc(F)c2)c2ccccc21. The van der Waals surface area contributed by atoms with Crippen molar-refractivity contribution in [3.8, 4) is 0 Å². The van der Waals surface area contributed by atoms with Crippen molar-refractivity contribution in [3.05, 3.63) is 114 Å². The molecule has 0 bridgehead atoms. The average Bonchev–Trinajstić information content (AvgIpc) is 3.00. The number of rotatable bonds is 3. The van der Waals surface area contributed by atoms with Crippen LogP contribution in [-0.4, -0.2) is 5.78 Å². The van der Waals surface area contributed by atoms with Gasteiger partial charge in [-0.1, -0.05) is 72.8 Å². The van der Waals surface area contributed by atoms with Crippen LogP contribution in [0.2, 0.25) is 0 Å². The highest BCUT2D eigenvalue weighted by molar-refractivity contribution is 6.42. The second kappa shape index (κ2) is 6.46. The first-order valence-electron chi connectivity index (χ1n) is 9.11. The van der Waals surface area contributed by atoms with Crippen molar-refractivity contribution < 1.29 is 9.18 Å². The first-order valence-corrected chi connectivity index (χ1v) is 9.11. The average molecular weight is 365 g/mol. The summed E-state index contributed by atoms with van der Waals surface area (Å²) in [5.74, 6) is -0.347. The van der Waals surface area contributed by atoms with E-state index >= 15 is 0 Å². The fourth-order valence-corrected chi connectivity index (χ4v) is 3.82. The predicted octanol–water partition coefficient (Wildman–Crippen LogP) is 6.16. The van der Waals surface area contributed by atoms with Crippen molar-refractivity contribution in [2.45, 2.75) is 0 Å². The molecule has 5 rings (SSSR count). The first kappa shape index (κ1) is 16.5. The van der Waals surface area contributed by atoms with Crippen LogP contribution in [0.4, 0.5) is 10.1 Å². The molecular weight excluding hydrogens is 349 g/mol. The van der Waals surface area contributed by atoms with E-state index in [1.165, 1.54) is 12.1 Å². The second-order valence-corrected chi connectivity index (χ2v) is 6.79. The van der Waals surface area contributed by atoms with Gasteiger partial charge in [0.2, 0.25) is 0 Å². The molecule has 134 valence electrons. The van der Waals surface area contributed by atoms with Crippen LogP contribution >= 0.6 is 0 Å². The Kier molecular flexibility index (Phi) is 3.80. The number of nitrogens with one attached hydrogen (secondary N) is 1. The van der Waals surface area contributed by atoms with Gasteiger partial charge in [0.05, 0.1) is 11.3 Å². The molecule has 0 radical (unpaired) electrons. The summed E-state index contributed by atoms with van der Waals surface area (Å²) in [4.78, 5) is 13.3. The number of hydrogen-bond acceptors (Lipinski definition) is 2. The lowest BCUT2D eigenvalue weighted by molar-refractivity contribution is 0.105. The fourth-order valence-electron chi connectivity index (χ4n) is 3.82. The summed E-state index contributed by atoms with van der Waals surface area (Å²) >= 11 is 0. The van der Waals surface area contributed by atoms with Crippen LogP contribution < -0.4 is 5.32 Å². The van der Waals surface area contributed by atoms with Gasteiger partial charge in [0, 0.05) is 16.8 Å². The first-order chi connectivity index (χ1) is 13.7. The molecule has 0 amide bonds. The lowest BCUT2D eigenvalue weighted by Gasteiger charge is -2.13. The molecule has 0 unspecified atom stereocenters. The highest BCUT2D eigenvalue weighted by Gasteiger charge is 2.31. The lowest BCUT2D eigenvalue weighted by Crippen LogP contribution is -2.02. The van der Waals surface area contributed by atoms with Gasteiger partial charge in [-0.2, -0.15) is 0 Å². The molecule has 4 aromatic carbocycles. The van der Waals surface area contributed by atoms with Crippen LogP contribution in [0, 0.1) is 5.82 Å². The van der Waals surface area contributed by atoms with E-state index < -0.39 is 0 Å². The number of anilines is 1. The molecule has 0 saturated carbocycles. The van der Waals surface area contributed by atoms with E-state index in [0.717, 1.165) is 21.9 Å². The topological polar surface area (TPSA) is 29.1 Å². The summed E-state index contributed by atoms with van der Waals surface area (Å²) < 4.78 is 13.7. The van der Waals surface area contributed by atoms with Gasteiger partial charge in [-0.15, -0.1) is 0 Å². The molecular formula is C25H16FNO. The zero-order chi connectivity index (χ0) is 19.1. The normalized spacial score (nSPS) is 13.1. The van der Waals surface area contributed by atoms with Gasteiger partial charge in [0.15, 0.2) is 5.78 Å². The minimum Gasteiger partial charge on any atom is -0.354 e. The maximum atomic E-state index is 13.7. The summed E-state index contributed by atoms with van der Waals surface area (Å²) in [6.07, 6.45) is 0. The van der Waals surface area contributed by atoms with Gasteiger partial charge in [0.25, 0.3) is 0 Å². The molecule has 1 N–H and O–H groups in total. The maximum absolute atomic E-state index is 13.7. The third kappa shape index (κ3) is 2.60. The molecule has 4 aromatic rings. The number of ketones is 1. The summed E-state index contributed by atoms with van der Waals surface area (Å²) in [6.45, 7) is 0. The molecule has 2 nitrogen and oxygen atoms in total.